The van der Waals surface area contributed by atoms with E-state index in [-0.39, 0.29) is 17.8 Å². The molecule has 0 aromatic heterocycles. The van der Waals surface area contributed by atoms with Crippen molar-refractivity contribution < 1.29 is 9.90 Å². The molecule has 1 atom stereocenters. The molecular formula is C19H28N2O2. The van der Waals surface area contributed by atoms with Gasteiger partial charge in [0.1, 0.15) is 5.75 Å². The van der Waals surface area contributed by atoms with E-state index in [0.29, 0.717) is 5.41 Å². The van der Waals surface area contributed by atoms with Gasteiger partial charge in [0.2, 0.25) is 0 Å². The molecule has 4 nitrogen and oxygen atoms in total. The van der Waals surface area contributed by atoms with Gasteiger partial charge >= 0.3 is 6.03 Å². The summed E-state index contributed by atoms with van der Waals surface area (Å²) < 4.78 is 0. The summed E-state index contributed by atoms with van der Waals surface area (Å²) in [4.78, 5) is 14.6. The zero-order chi connectivity index (χ0) is 16.3. The maximum atomic E-state index is 12.6. The van der Waals surface area contributed by atoms with Crippen LogP contribution in [0, 0.1) is 5.41 Å². The molecule has 1 heterocycles. The highest BCUT2D eigenvalue weighted by Gasteiger charge is 2.39. The Morgan fingerprint density at radius 2 is 1.87 bits per heavy atom. The van der Waals surface area contributed by atoms with Crippen LogP contribution in [0.25, 0.3) is 0 Å². The molecule has 1 saturated carbocycles. The van der Waals surface area contributed by atoms with Gasteiger partial charge in [-0.25, -0.2) is 4.79 Å². The van der Waals surface area contributed by atoms with Crippen LogP contribution in [0.1, 0.15) is 63.5 Å². The van der Waals surface area contributed by atoms with E-state index < -0.39 is 0 Å². The van der Waals surface area contributed by atoms with Crippen molar-refractivity contribution in [2.75, 3.05) is 13.1 Å². The second kappa shape index (κ2) is 6.81. The van der Waals surface area contributed by atoms with Crippen LogP contribution in [0.2, 0.25) is 0 Å². The minimum atomic E-state index is -0.186. The molecule has 4 heteroatoms. The molecule has 3 rings (SSSR count). The Morgan fingerprint density at radius 1 is 1.17 bits per heavy atom. The van der Waals surface area contributed by atoms with Gasteiger partial charge in [-0.2, -0.15) is 0 Å². The van der Waals surface area contributed by atoms with E-state index in [1.807, 2.05) is 24.0 Å². The molecule has 2 N–H and O–H groups in total. The molecule has 23 heavy (non-hydrogen) atoms. The number of likely N-dealkylation sites (tertiary alicyclic amines) is 1. The average Bonchev–Trinajstić information content (AvgIpc) is 2.81. The smallest absolute Gasteiger partial charge is 0.317 e. The largest absolute Gasteiger partial charge is 0.508 e. The number of para-hydroxylation sites is 1. The van der Waals surface area contributed by atoms with E-state index in [1.165, 1.54) is 38.5 Å². The molecule has 1 aliphatic carbocycles. The number of benzene rings is 1. The molecule has 0 bridgehead atoms. The molecule has 2 amide bonds. The SMILES string of the molecule is CC(NC(=O)N1CCC2(CCCCCC2)C1)c1ccccc1O. The van der Waals surface area contributed by atoms with Crippen LogP contribution in [-0.2, 0) is 0 Å². The third kappa shape index (κ3) is 3.62. The molecular weight excluding hydrogens is 288 g/mol. The Bertz CT molecular complexity index is 550. The summed E-state index contributed by atoms with van der Waals surface area (Å²) in [6.45, 7) is 3.68. The van der Waals surface area contributed by atoms with Gasteiger partial charge in [0.15, 0.2) is 0 Å². The lowest BCUT2D eigenvalue weighted by Gasteiger charge is -2.28. The van der Waals surface area contributed by atoms with Gasteiger partial charge in [0, 0.05) is 18.7 Å². The van der Waals surface area contributed by atoms with Gasteiger partial charge in [0.05, 0.1) is 6.04 Å². The second-order valence-electron chi connectivity index (χ2n) is 7.32. The Morgan fingerprint density at radius 3 is 2.57 bits per heavy atom. The normalized spacial score (nSPS) is 21.9. The highest BCUT2D eigenvalue weighted by atomic mass is 16.3. The van der Waals surface area contributed by atoms with Gasteiger partial charge in [-0.05, 0) is 37.7 Å². The Labute approximate surface area is 138 Å². The number of carbonyl (C=O) groups is 1. The van der Waals surface area contributed by atoms with E-state index in [2.05, 4.69) is 5.32 Å². The van der Waals surface area contributed by atoms with E-state index >= 15 is 0 Å². The maximum Gasteiger partial charge on any atom is 0.317 e. The number of nitrogens with one attached hydrogen (secondary N) is 1. The first-order chi connectivity index (χ1) is 11.1. The van der Waals surface area contributed by atoms with Gasteiger partial charge in [-0.15, -0.1) is 0 Å². The summed E-state index contributed by atoms with van der Waals surface area (Å²) >= 11 is 0. The molecule has 126 valence electrons. The fourth-order valence-electron chi connectivity index (χ4n) is 4.20. The third-order valence-electron chi connectivity index (χ3n) is 5.63. The molecule has 1 aromatic carbocycles. The lowest BCUT2D eigenvalue weighted by atomic mass is 9.80. The Hall–Kier alpha value is -1.71. The van der Waals surface area contributed by atoms with Gasteiger partial charge in [-0.3, -0.25) is 0 Å². The molecule has 1 saturated heterocycles. The highest BCUT2D eigenvalue weighted by molar-refractivity contribution is 5.75. The van der Waals surface area contributed by atoms with E-state index in [0.717, 1.165) is 25.1 Å². The van der Waals surface area contributed by atoms with Gasteiger partial charge in [-0.1, -0.05) is 43.9 Å². The molecule has 1 spiro atoms. The van der Waals surface area contributed by atoms with E-state index in [4.69, 9.17) is 0 Å². The van der Waals surface area contributed by atoms with E-state index in [9.17, 15) is 9.90 Å². The first-order valence-electron chi connectivity index (χ1n) is 8.93. The van der Waals surface area contributed by atoms with Crippen LogP contribution in [0.5, 0.6) is 5.75 Å². The van der Waals surface area contributed by atoms with Crippen LogP contribution in [0.3, 0.4) is 0 Å². The summed E-state index contributed by atoms with van der Waals surface area (Å²) in [6.07, 6.45) is 8.99. The summed E-state index contributed by atoms with van der Waals surface area (Å²) in [6, 6.07) is 7.01. The number of amides is 2. The van der Waals surface area contributed by atoms with Crippen molar-refractivity contribution in [1.82, 2.24) is 10.2 Å². The number of aromatic hydroxyl groups is 1. The summed E-state index contributed by atoms with van der Waals surface area (Å²) in [5, 5.41) is 13.0. The molecule has 1 aromatic rings. The predicted octanol–water partition coefficient (Wildman–Crippen LogP) is 4.21. The number of nitrogens with zero attached hydrogens (tertiary/aromatic N) is 1. The number of phenolic OH excluding ortho intramolecular Hbond substituents is 1. The first kappa shape index (κ1) is 16.2. The second-order valence-corrected chi connectivity index (χ2v) is 7.32. The lowest BCUT2D eigenvalue weighted by molar-refractivity contribution is 0.191. The van der Waals surface area contributed by atoms with E-state index in [1.54, 1.807) is 12.1 Å². The van der Waals surface area contributed by atoms with Crippen LogP contribution >= 0.6 is 0 Å². The zero-order valence-electron chi connectivity index (χ0n) is 14.1. The number of urea groups is 1. The Balaban J connectivity index is 1.60. The summed E-state index contributed by atoms with van der Waals surface area (Å²) in [7, 11) is 0. The highest BCUT2D eigenvalue weighted by Crippen LogP contribution is 2.42. The number of carbonyl (C=O) groups excluding carboxylic acids is 1. The van der Waals surface area contributed by atoms with Crippen molar-refractivity contribution in [2.45, 2.75) is 57.9 Å². The summed E-state index contributed by atoms with van der Waals surface area (Å²) in [5.74, 6) is 0.238. The van der Waals surface area contributed by atoms with Crippen LogP contribution in [0.15, 0.2) is 24.3 Å². The number of rotatable bonds is 2. The van der Waals surface area contributed by atoms with Gasteiger partial charge in [0.25, 0.3) is 0 Å². The topological polar surface area (TPSA) is 52.6 Å². The van der Waals surface area contributed by atoms with Crippen molar-refractivity contribution in [2.24, 2.45) is 5.41 Å². The zero-order valence-corrected chi connectivity index (χ0v) is 14.1. The molecule has 2 aliphatic rings. The van der Waals surface area contributed by atoms with Crippen LogP contribution in [-0.4, -0.2) is 29.1 Å². The molecule has 0 radical (unpaired) electrons. The van der Waals surface area contributed by atoms with Crippen molar-refractivity contribution in [3.05, 3.63) is 29.8 Å². The number of hydrogen-bond donors (Lipinski definition) is 2. The Kier molecular flexibility index (Phi) is 4.79. The summed E-state index contributed by atoms with van der Waals surface area (Å²) in [5.41, 5.74) is 1.13. The predicted molar refractivity (Wildman–Crippen MR) is 91.4 cm³/mol. The number of hydrogen-bond acceptors (Lipinski definition) is 2. The number of phenols is 1. The quantitative estimate of drug-likeness (QED) is 0.859. The molecule has 2 fully saturated rings. The van der Waals surface area contributed by atoms with Crippen LogP contribution in [0.4, 0.5) is 4.79 Å². The standard InChI is InChI=1S/C19H28N2O2/c1-15(16-8-4-5-9-17(16)22)20-18(23)21-13-12-19(14-21)10-6-2-3-7-11-19/h4-5,8-9,15,22H,2-3,6-7,10-14H2,1H3,(H,20,23). The minimum absolute atomic E-state index is 0.00174. The molecule has 1 aliphatic heterocycles. The average molecular weight is 316 g/mol. The maximum absolute atomic E-state index is 12.6. The van der Waals surface area contributed by atoms with Crippen molar-refractivity contribution in [3.63, 3.8) is 0 Å². The van der Waals surface area contributed by atoms with Crippen LogP contribution < -0.4 is 5.32 Å². The van der Waals surface area contributed by atoms with Crippen molar-refractivity contribution in [3.8, 4) is 5.75 Å². The third-order valence-corrected chi connectivity index (χ3v) is 5.63. The monoisotopic (exact) mass is 316 g/mol. The fourth-order valence-corrected chi connectivity index (χ4v) is 4.20. The van der Waals surface area contributed by atoms with Gasteiger partial charge < -0.3 is 15.3 Å². The fraction of sp³-hybridized carbons (Fsp3) is 0.632. The lowest BCUT2D eigenvalue weighted by Crippen LogP contribution is -2.40. The first-order valence-corrected chi connectivity index (χ1v) is 8.93. The van der Waals surface area contributed by atoms with Crippen molar-refractivity contribution >= 4 is 6.03 Å². The minimum Gasteiger partial charge on any atom is -0.508 e. The van der Waals surface area contributed by atoms with Crippen molar-refractivity contribution in [1.29, 1.82) is 0 Å². The molecule has 1 unspecified atom stereocenters.